The van der Waals surface area contributed by atoms with Crippen molar-refractivity contribution in [1.29, 1.82) is 0 Å². The fourth-order valence-corrected chi connectivity index (χ4v) is 4.60. The lowest BCUT2D eigenvalue weighted by Gasteiger charge is -2.35. The highest BCUT2D eigenvalue weighted by atomic mass is 16.5. The van der Waals surface area contributed by atoms with Crippen LogP contribution in [0.4, 0.5) is 0 Å². The Kier molecular flexibility index (Phi) is 8.48. The normalized spacial score (nSPS) is 16.1. The van der Waals surface area contributed by atoms with Gasteiger partial charge in [-0.3, -0.25) is 9.69 Å². The molecule has 1 aliphatic carbocycles. The second-order valence-electron chi connectivity index (χ2n) is 9.13. The van der Waals surface area contributed by atoms with Gasteiger partial charge in [0, 0.05) is 38.3 Å². The first-order valence-electron chi connectivity index (χ1n) is 12.4. The molecule has 0 unspecified atom stereocenters. The van der Waals surface area contributed by atoms with Gasteiger partial charge in [-0.15, -0.1) is 0 Å². The van der Waals surface area contributed by atoms with E-state index in [2.05, 4.69) is 42.2 Å². The Hall–Kier alpha value is -3.25. The van der Waals surface area contributed by atoms with Crippen molar-refractivity contribution >= 4 is 5.91 Å². The van der Waals surface area contributed by atoms with Gasteiger partial charge in [0.05, 0.1) is 14.2 Å². The van der Waals surface area contributed by atoms with Crippen LogP contribution in [0.2, 0.25) is 0 Å². The molecule has 1 aliphatic heterocycles. The molecule has 0 saturated carbocycles. The molecular weight excluding hydrogens is 440 g/mol. The van der Waals surface area contributed by atoms with Crippen LogP contribution in [0.15, 0.2) is 60.2 Å². The third kappa shape index (κ3) is 6.45. The van der Waals surface area contributed by atoms with E-state index in [9.17, 15) is 4.79 Å². The lowest BCUT2D eigenvalue weighted by atomic mass is 10.0. The summed E-state index contributed by atoms with van der Waals surface area (Å²) in [6, 6.07) is 11.7. The Morgan fingerprint density at radius 1 is 0.971 bits per heavy atom. The molecule has 186 valence electrons. The number of amides is 1. The molecule has 1 saturated heterocycles. The van der Waals surface area contributed by atoms with Crippen LogP contribution < -0.4 is 14.2 Å². The number of piperazine rings is 1. The van der Waals surface area contributed by atoms with E-state index in [1.807, 2.05) is 17.0 Å². The third-order valence-electron chi connectivity index (χ3n) is 6.62. The Labute approximate surface area is 208 Å². The van der Waals surface area contributed by atoms with E-state index in [1.54, 1.807) is 26.4 Å². The number of benzene rings is 2. The number of ether oxygens (including phenoxy) is 3. The predicted molar refractivity (Wildman–Crippen MR) is 138 cm³/mol. The van der Waals surface area contributed by atoms with Gasteiger partial charge in [0.25, 0.3) is 5.91 Å². The van der Waals surface area contributed by atoms with Crippen molar-refractivity contribution < 1.29 is 19.0 Å². The topological polar surface area (TPSA) is 51.2 Å². The molecule has 2 aliphatic rings. The molecule has 6 nitrogen and oxygen atoms in total. The van der Waals surface area contributed by atoms with E-state index in [0.29, 0.717) is 42.5 Å². The van der Waals surface area contributed by atoms with Crippen LogP contribution in [0, 0.1) is 6.92 Å². The maximum Gasteiger partial charge on any atom is 0.254 e. The number of methoxy groups -OCH3 is 2. The number of nitrogens with zero attached hydrogens (tertiary/aromatic N) is 2. The van der Waals surface area contributed by atoms with Gasteiger partial charge < -0.3 is 19.1 Å². The van der Waals surface area contributed by atoms with Gasteiger partial charge in [0.15, 0.2) is 11.5 Å². The fourth-order valence-electron chi connectivity index (χ4n) is 4.60. The van der Waals surface area contributed by atoms with Crippen molar-refractivity contribution in [2.24, 2.45) is 0 Å². The van der Waals surface area contributed by atoms with E-state index in [4.69, 9.17) is 14.2 Å². The summed E-state index contributed by atoms with van der Waals surface area (Å²) in [5.74, 6) is 1.48. The van der Waals surface area contributed by atoms with E-state index in [-0.39, 0.29) is 5.91 Å². The first kappa shape index (κ1) is 24.9. The average Bonchev–Trinajstić information content (AvgIpc) is 2.90. The number of carbonyl (C=O) groups excluding carboxylic acids is 1. The summed E-state index contributed by atoms with van der Waals surface area (Å²) >= 11 is 0. The van der Waals surface area contributed by atoms with E-state index >= 15 is 0 Å². The lowest BCUT2D eigenvalue weighted by Crippen LogP contribution is -2.48. The molecule has 1 heterocycles. The molecule has 0 atom stereocenters. The molecule has 0 spiro atoms. The highest BCUT2D eigenvalue weighted by Gasteiger charge is 2.25. The second-order valence-corrected chi connectivity index (χ2v) is 9.13. The van der Waals surface area contributed by atoms with Crippen LogP contribution in [-0.4, -0.2) is 62.7 Å². The highest BCUT2D eigenvalue weighted by molar-refractivity contribution is 5.95. The first-order chi connectivity index (χ1) is 17.1. The average molecular weight is 477 g/mol. The van der Waals surface area contributed by atoms with Gasteiger partial charge in [-0.2, -0.15) is 0 Å². The zero-order valence-electron chi connectivity index (χ0n) is 21.1. The first-order valence-corrected chi connectivity index (χ1v) is 12.4. The van der Waals surface area contributed by atoms with Crippen LogP contribution in [0.3, 0.4) is 0 Å². The van der Waals surface area contributed by atoms with Crippen LogP contribution >= 0.6 is 0 Å². The van der Waals surface area contributed by atoms with Gasteiger partial charge >= 0.3 is 0 Å². The van der Waals surface area contributed by atoms with Crippen molar-refractivity contribution in [2.75, 3.05) is 46.9 Å². The SMILES string of the molecule is COc1cc(C(=O)N2CCN(CCC3=CCCC=C3)CC2)cc(OC)c1OCc1cccc(C)c1. The van der Waals surface area contributed by atoms with Gasteiger partial charge in [0.2, 0.25) is 5.75 Å². The minimum absolute atomic E-state index is 0.00981. The van der Waals surface area contributed by atoms with Gasteiger partial charge in [0.1, 0.15) is 6.61 Å². The number of carbonyl (C=O) groups is 1. The quantitative estimate of drug-likeness (QED) is 0.509. The van der Waals surface area contributed by atoms with Gasteiger partial charge in [-0.25, -0.2) is 0 Å². The summed E-state index contributed by atoms with van der Waals surface area (Å²) in [7, 11) is 3.16. The Balaban J connectivity index is 1.38. The molecule has 35 heavy (non-hydrogen) atoms. The summed E-state index contributed by atoms with van der Waals surface area (Å²) in [5.41, 5.74) is 4.21. The standard InChI is InChI=1S/C29H36N2O4/c1-22-8-7-11-24(18-22)21-35-28-26(33-2)19-25(20-27(28)34-3)29(32)31-16-14-30(15-17-31)13-12-23-9-5-4-6-10-23/h5,7-11,18-20H,4,6,12-17,21H2,1-3H3. The number of rotatable bonds is 9. The Bertz CT molecular complexity index is 1060. The molecule has 2 aromatic rings. The van der Waals surface area contributed by atoms with Crippen LogP contribution in [0.25, 0.3) is 0 Å². The summed E-state index contributed by atoms with van der Waals surface area (Å²) in [4.78, 5) is 17.7. The van der Waals surface area contributed by atoms with Crippen molar-refractivity contribution in [3.63, 3.8) is 0 Å². The van der Waals surface area contributed by atoms with Crippen LogP contribution in [-0.2, 0) is 6.61 Å². The highest BCUT2D eigenvalue weighted by Crippen LogP contribution is 2.39. The summed E-state index contributed by atoms with van der Waals surface area (Å²) < 4.78 is 17.3. The number of hydrogen-bond acceptors (Lipinski definition) is 5. The maximum absolute atomic E-state index is 13.3. The monoisotopic (exact) mass is 476 g/mol. The Morgan fingerprint density at radius 2 is 1.71 bits per heavy atom. The Morgan fingerprint density at radius 3 is 2.34 bits per heavy atom. The van der Waals surface area contributed by atoms with Crippen molar-refractivity contribution in [3.8, 4) is 17.2 Å². The second kappa shape index (κ2) is 11.9. The summed E-state index contributed by atoms with van der Waals surface area (Å²) in [6.45, 7) is 6.66. The zero-order chi connectivity index (χ0) is 24.6. The number of hydrogen-bond donors (Lipinski definition) is 0. The smallest absolute Gasteiger partial charge is 0.254 e. The summed E-state index contributed by atoms with van der Waals surface area (Å²) in [6.07, 6.45) is 10.2. The van der Waals surface area contributed by atoms with Crippen LogP contribution in [0.5, 0.6) is 17.2 Å². The van der Waals surface area contributed by atoms with E-state index < -0.39 is 0 Å². The number of allylic oxidation sites excluding steroid dienone is 3. The fraction of sp³-hybridized carbons (Fsp3) is 0.414. The molecule has 1 amide bonds. The summed E-state index contributed by atoms with van der Waals surface area (Å²) in [5, 5.41) is 0. The van der Waals surface area contributed by atoms with E-state index in [1.165, 1.54) is 11.1 Å². The molecule has 1 fully saturated rings. The largest absolute Gasteiger partial charge is 0.493 e. The molecule has 2 aromatic carbocycles. The molecule has 0 N–H and O–H groups in total. The lowest BCUT2D eigenvalue weighted by molar-refractivity contribution is 0.0638. The molecule has 0 radical (unpaired) electrons. The van der Waals surface area contributed by atoms with Crippen molar-refractivity contribution in [3.05, 3.63) is 76.9 Å². The van der Waals surface area contributed by atoms with Gasteiger partial charge in [-0.1, -0.05) is 53.6 Å². The zero-order valence-corrected chi connectivity index (χ0v) is 21.1. The molecule has 0 aromatic heterocycles. The molecule has 4 rings (SSSR count). The van der Waals surface area contributed by atoms with Crippen molar-refractivity contribution in [1.82, 2.24) is 9.80 Å². The van der Waals surface area contributed by atoms with Crippen LogP contribution in [0.1, 0.15) is 40.7 Å². The molecule has 0 bridgehead atoms. The van der Waals surface area contributed by atoms with Crippen molar-refractivity contribution in [2.45, 2.75) is 32.8 Å². The number of aryl methyl sites for hydroxylation is 1. The minimum Gasteiger partial charge on any atom is -0.493 e. The third-order valence-corrected chi connectivity index (χ3v) is 6.62. The maximum atomic E-state index is 13.3. The van der Waals surface area contributed by atoms with E-state index in [0.717, 1.165) is 44.5 Å². The van der Waals surface area contributed by atoms with Gasteiger partial charge in [-0.05, 0) is 43.9 Å². The molecule has 6 heteroatoms. The molecular formula is C29H36N2O4. The minimum atomic E-state index is -0.00981. The predicted octanol–water partition coefficient (Wildman–Crippen LogP) is 5.02.